The van der Waals surface area contributed by atoms with E-state index in [2.05, 4.69) is 10.1 Å². The van der Waals surface area contributed by atoms with Crippen LogP contribution in [-0.4, -0.2) is 22.6 Å². The molecular weight excluding hydrogens is 431 g/mol. The Bertz CT molecular complexity index is 1090. The molecular formula is C19H14ClF5N4O. The average molecular weight is 445 g/mol. The van der Waals surface area contributed by atoms with Crippen molar-refractivity contribution in [3.05, 3.63) is 58.4 Å². The van der Waals surface area contributed by atoms with Crippen molar-refractivity contribution < 1.29 is 26.5 Å². The van der Waals surface area contributed by atoms with Gasteiger partial charge in [0.05, 0.1) is 28.9 Å². The van der Waals surface area contributed by atoms with Crippen molar-refractivity contribution >= 4 is 23.0 Å². The predicted molar refractivity (Wildman–Crippen MR) is 100 cm³/mol. The van der Waals surface area contributed by atoms with Gasteiger partial charge in [-0.25, -0.2) is 8.78 Å². The van der Waals surface area contributed by atoms with E-state index in [1.165, 1.54) is 23.1 Å². The molecule has 2 heterocycles. The molecule has 1 aromatic heterocycles. The lowest BCUT2D eigenvalue weighted by atomic mass is 10.1. The van der Waals surface area contributed by atoms with Crippen molar-refractivity contribution in [1.29, 1.82) is 0 Å². The number of hydrogen-bond donors (Lipinski definition) is 1. The maximum absolute atomic E-state index is 13.6. The van der Waals surface area contributed by atoms with Crippen molar-refractivity contribution in [2.75, 3.05) is 10.6 Å². The summed E-state index contributed by atoms with van der Waals surface area (Å²) in [6.45, 7) is -0.134. The zero-order chi connectivity index (χ0) is 21.6. The number of anilines is 2. The van der Waals surface area contributed by atoms with Crippen LogP contribution in [0.2, 0.25) is 5.02 Å². The number of nitrogen functional groups attached to an aromatic ring is 1. The Morgan fingerprint density at radius 1 is 1.23 bits per heavy atom. The van der Waals surface area contributed by atoms with Crippen LogP contribution in [0.1, 0.15) is 17.0 Å². The van der Waals surface area contributed by atoms with Crippen LogP contribution in [-0.2, 0) is 19.1 Å². The molecule has 0 saturated heterocycles. The van der Waals surface area contributed by atoms with Crippen LogP contribution in [0.25, 0.3) is 11.5 Å². The zero-order valence-electron chi connectivity index (χ0n) is 15.1. The summed E-state index contributed by atoms with van der Waals surface area (Å²) in [5.41, 5.74) is 6.25. The Hall–Kier alpha value is -2.88. The predicted octanol–water partition coefficient (Wildman–Crippen LogP) is 5.19. The second kappa shape index (κ2) is 7.42. The molecule has 0 aliphatic carbocycles. The molecule has 5 nitrogen and oxygen atoms in total. The standard InChI is InChI=1S/C19H14ClF5N4O/c20-16-11-7-14(17(21)22)29(13(11)5-4-12(16)26)8-15-27-18(30-28-15)9-2-1-3-10(6-9)19(23,24)25/h1-6,14,17H,7-8,26H2. The van der Waals surface area contributed by atoms with Crippen molar-refractivity contribution in [3.8, 4) is 11.5 Å². The third kappa shape index (κ3) is 3.67. The molecule has 11 heteroatoms. The van der Waals surface area contributed by atoms with Gasteiger partial charge in [0.2, 0.25) is 0 Å². The minimum atomic E-state index is -4.52. The molecule has 1 atom stereocenters. The Balaban J connectivity index is 1.63. The van der Waals surface area contributed by atoms with Gasteiger partial charge < -0.3 is 15.2 Å². The first-order chi connectivity index (χ1) is 14.1. The van der Waals surface area contributed by atoms with E-state index in [-0.39, 0.29) is 41.0 Å². The monoisotopic (exact) mass is 444 g/mol. The highest BCUT2D eigenvalue weighted by Crippen LogP contribution is 2.42. The molecule has 0 fully saturated rings. The van der Waals surface area contributed by atoms with Gasteiger partial charge in [0.25, 0.3) is 12.3 Å². The third-order valence-electron chi connectivity index (χ3n) is 4.88. The lowest BCUT2D eigenvalue weighted by Crippen LogP contribution is -2.37. The SMILES string of the molecule is Nc1ccc2c(c1Cl)CC(C(F)F)N2Cc1noc(-c2cccc(C(F)(F)F)c2)n1. The summed E-state index contributed by atoms with van der Waals surface area (Å²) in [6, 6.07) is 6.35. The topological polar surface area (TPSA) is 68.2 Å². The minimum absolute atomic E-state index is 0.00475. The number of rotatable bonds is 4. The smallest absolute Gasteiger partial charge is 0.398 e. The number of nitrogens with zero attached hydrogens (tertiary/aromatic N) is 3. The van der Waals surface area contributed by atoms with Crippen LogP contribution in [0.5, 0.6) is 0 Å². The maximum Gasteiger partial charge on any atom is 0.416 e. The first-order valence-electron chi connectivity index (χ1n) is 8.77. The molecule has 1 unspecified atom stereocenters. The minimum Gasteiger partial charge on any atom is -0.398 e. The third-order valence-corrected chi connectivity index (χ3v) is 5.33. The van der Waals surface area contributed by atoms with Gasteiger partial charge in [-0.15, -0.1) is 0 Å². The normalized spacial score (nSPS) is 16.4. The van der Waals surface area contributed by atoms with Gasteiger partial charge in [0, 0.05) is 17.7 Å². The van der Waals surface area contributed by atoms with Gasteiger partial charge in [-0.05, 0) is 35.9 Å². The zero-order valence-corrected chi connectivity index (χ0v) is 15.9. The molecule has 30 heavy (non-hydrogen) atoms. The molecule has 158 valence electrons. The summed E-state index contributed by atoms with van der Waals surface area (Å²) in [5.74, 6) is -0.0895. The van der Waals surface area contributed by atoms with Crippen LogP contribution in [0.3, 0.4) is 0 Å². The summed E-state index contributed by atoms with van der Waals surface area (Å²) in [4.78, 5) is 5.48. The molecule has 0 spiro atoms. The van der Waals surface area contributed by atoms with Gasteiger partial charge in [-0.1, -0.05) is 22.8 Å². The van der Waals surface area contributed by atoms with Crippen molar-refractivity contribution in [1.82, 2.24) is 10.1 Å². The number of hydrogen-bond acceptors (Lipinski definition) is 5. The number of aromatic nitrogens is 2. The molecule has 2 N–H and O–H groups in total. The first kappa shape index (κ1) is 20.4. The Kier molecular flexibility index (Phi) is 5.05. The van der Waals surface area contributed by atoms with E-state index in [9.17, 15) is 22.0 Å². The number of benzene rings is 2. The summed E-state index contributed by atoms with van der Waals surface area (Å²) >= 11 is 6.17. The fourth-order valence-electron chi connectivity index (χ4n) is 3.43. The summed E-state index contributed by atoms with van der Waals surface area (Å²) in [7, 11) is 0. The van der Waals surface area contributed by atoms with Crippen molar-refractivity contribution in [3.63, 3.8) is 0 Å². The van der Waals surface area contributed by atoms with Crippen LogP contribution >= 0.6 is 11.6 Å². The molecule has 4 rings (SSSR count). The Labute approximate surface area is 172 Å². The molecule has 2 aromatic carbocycles. The van der Waals surface area contributed by atoms with Gasteiger partial charge in [0.15, 0.2) is 5.82 Å². The second-order valence-electron chi connectivity index (χ2n) is 6.79. The molecule has 0 amide bonds. The van der Waals surface area contributed by atoms with Crippen LogP contribution in [0.15, 0.2) is 40.9 Å². The lowest BCUT2D eigenvalue weighted by Gasteiger charge is -2.25. The molecule has 0 saturated carbocycles. The largest absolute Gasteiger partial charge is 0.416 e. The van der Waals surface area contributed by atoms with E-state index in [0.29, 0.717) is 11.3 Å². The summed E-state index contributed by atoms with van der Waals surface area (Å²) in [5, 5.41) is 3.96. The lowest BCUT2D eigenvalue weighted by molar-refractivity contribution is -0.137. The van der Waals surface area contributed by atoms with E-state index in [1.54, 1.807) is 6.07 Å². The van der Waals surface area contributed by atoms with Crippen molar-refractivity contribution in [2.24, 2.45) is 0 Å². The van der Waals surface area contributed by atoms with Gasteiger partial charge in [-0.3, -0.25) is 0 Å². The average Bonchev–Trinajstić information content (AvgIpc) is 3.30. The highest BCUT2D eigenvalue weighted by atomic mass is 35.5. The fourth-order valence-corrected chi connectivity index (χ4v) is 3.67. The Morgan fingerprint density at radius 3 is 2.70 bits per heavy atom. The van der Waals surface area contributed by atoms with Gasteiger partial charge >= 0.3 is 6.18 Å². The number of alkyl halides is 5. The number of nitrogens with two attached hydrogens (primary N) is 1. The number of halogens is 6. The molecule has 0 radical (unpaired) electrons. The van der Waals surface area contributed by atoms with Crippen LogP contribution < -0.4 is 10.6 Å². The van der Waals surface area contributed by atoms with Crippen molar-refractivity contribution in [2.45, 2.75) is 31.6 Å². The quantitative estimate of drug-likeness (QED) is 0.443. The van der Waals surface area contributed by atoms with Crippen LogP contribution in [0.4, 0.5) is 33.3 Å². The second-order valence-corrected chi connectivity index (χ2v) is 7.17. The van der Waals surface area contributed by atoms with Gasteiger partial charge in [0.1, 0.15) is 0 Å². The van der Waals surface area contributed by atoms with E-state index in [4.69, 9.17) is 21.9 Å². The van der Waals surface area contributed by atoms with Gasteiger partial charge in [-0.2, -0.15) is 18.2 Å². The highest BCUT2D eigenvalue weighted by molar-refractivity contribution is 6.34. The van der Waals surface area contributed by atoms with E-state index < -0.39 is 24.2 Å². The molecule has 1 aliphatic heterocycles. The maximum atomic E-state index is 13.6. The number of fused-ring (bicyclic) bond motifs is 1. The summed E-state index contributed by atoms with van der Waals surface area (Å²) in [6.07, 6.45) is -7.21. The van der Waals surface area contributed by atoms with E-state index in [1.807, 2.05) is 0 Å². The van der Waals surface area contributed by atoms with Crippen LogP contribution in [0, 0.1) is 0 Å². The fraction of sp³-hybridized carbons (Fsp3) is 0.263. The Morgan fingerprint density at radius 2 is 2.00 bits per heavy atom. The molecule has 0 bridgehead atoms. The van der Waals surface area contributed by atoms with E-state index in [0.717, 1.165) is 12.1 Å². The molecule has 1 aliphatic rings. The molecule has 3 aromatic rings. The highest BCUT2D eigenvalue weighted by Gasteiger charge is 2.38. The van der Waals surface area contributed by atoms with E-state index >= 15 is 0 Å². The first-order valence-corrected chi connectivity index (χ1v) is 9.15. The summed E-state index contributed by atoms with van der Waals surface area (Å²) < 4.78 is 71.1.